The fourth-order valence-electron chi connectivity index (χ4n) is 1.67. The van der Waals surface area contributed by atoms with Gasteiger partial charge >= 0.3 is 4.87 Å². The molecule has 0 fully saturated rings. The second-order valence-electron chi connectivity index (χ2n) is 4.28. The zero-order valence-corrected chi connectivity index (χ0v) is 11.8. The zero-order chi connectivity index (χ0) is 13.8. The average Bonchev–Trinajstić information content (AvgIpc) is 2.78. The van der Waals surface area contributed by atoms with Gasteiger partial charge in [-0.2, -0.15) is 0 Å². The lowest BCUT2D eigenvalue weighted by Gasteiger charge is -2.11. The van der Waals surface area contributed by atoms with Gasteiger partial charge in [0.15, 0.2) is 0 Å². The van der Waals surface area contributed by atoms with Crippen LogP contribution in [0.3, 0.4) is 0 Å². The summed E-state index contributed by atoms with van der Waals surface area (Å²) in [4.78, 5) is 22.5. The maximum absolute atomic E-state index is 11.1. The number of aromatic nitrogens is 3. The second-order valence-corrected chi connectivity index (χ2v) is 5.12. The lowest BCUT2D eigenvalue weighted by Crippen LogP contribution is -2.10. The number of nitrogens with zero attached hydrogens (tertiary/aromatic N) is 2. The summed E-state index contributed by atoms with van der Waals surface area (Å²) in [6.45, 7) is 4.47. The zero-order valence-electron chi connectivity index (χ0n) is 11.0. The summed E-state index contributed by atoms with van der Waals surface area (Å²) in [5, 5.41) is 4.98. The van der Waals surface area contributed by atoms with Crippen LogP contribution in [0.2, 0.25) is 0 Å². The van der Waals surface area contributed by atoms with Gasteiger partial charge in [-0.05, 0) is 13.3 Å². The van der Waals surface area contributed by atoms with Gasteiger partial charge in [-0.15, -0.1) is 0 Å². The van der Waals surface area contributed by atoms with Crippen molar-refractivity contribution in [2.24, 2.45) is 0 Å². The number of nitrogens with two attached hydrogens (primary N) is 1. The van der Waals surface area contributed by atoms with Crippen molar-refractivity contribution < 1.29 is 0 Å². The number of anilines is 2. The molecule has 2 heterocycles. The highest BCUT2D eigenvalue weighted by Gasteiger charge is 2.08. The number of aromatic amines is 1. The highest BCUT2D eigenvalue weighted by molar-refractivity contribution is 7.07. The quantitative estimate of drug-likeness (QED) is 0.773. The van der Waals surface area contributed by atoms with Crippen LogP contribution in [0.5, 0.6) is 0 Å². The molecular formula is C12H17N5OS. The first kappa shape index (κ1) is 13.5. The van der Waals surface area contributed by atoms with Crippen LogP contribution in [0.15, 0.2) is 10.2 Å². The third-order valence-corrected chi connectivity index (χ3v) is 3.44. The van der Waals surface area contributed by atoms with Crippen LogP contribution in [0.1, 0.15) is 30.4 Å². The van der Waals surface area contributed by atoms with Gasteiger partial charge in [-0.25, -0.2) is 9.97 Å². The molecule has 102 valence electrons. The summed E-state index contributed by atoms with van der Waals surface area (Å²) in [5.74, 6) is 1.97. The molecule has 2 aromatic heterocycles. The van der Waals surface area contributed by atoms with Crippen LogP contribution in [0.4, 0.5) is 11.6 Å². The minimum absolute atomic E-state index is 0.0533. The molecule has 0 aliphatic rings. The standard InChI is InChI=1S/C12H17N5OS/c1-3-4-9-16-10(13)7(2)11(17-9)14-5-8-6-19-12(18)15-8/h6H,3-5H2,1-2H3,(H,15,18)(H3,13,14,16,17). The van der Waals surface area contributed by atoms with Crippen molar-refractivity contribution in [3.05, 3.63) is 32.1 Å². The van der Waals surface area contributed by atoms with Crippen molar-refractivity contribution in [2.75, 3.05) is 11.1 Å². The van der Waals surface area contributed by atoms with Gasteiger partial charge in [0.25, 0.3) is 0 Å². The van der Waals surface area contributed by atoms with Crippen LogP contribution >= 0.6 is 11.3 Å². The van der Waals surface area contributed by atoms with Crippen LogP contribution in [-0.4, -0.2) is 15.0 Å². The van der Waals surface area contributed by atoms with Crippen molar-refractivity contribution in [3.8, 4) is 0 Å². The number of thiazole rings is 1. The number of hydrogen-bond acceptors (Lipinski definition) is 6. The van der Waals surface area contributed by atoms with E-state index >= 15 is 0 Å². The first-order chi connectivity index (χ1) is 9.10. The maximum atomic E-state index is 11.1. The minimum atomic E-state index is -0.0533. The van der Waals surface area contributed by atoms with E-state index in [4.69, 9.17) is 5.73 Å². The van der Waals surface area contributed by atoms with E-state index in [0.717, 1.165) is 47.1 Å². The Morgan fingerprint density at radius 3 is 2.89 bits per heavy atom. The summed E-state index contributed by atoms with van der Waals surface area (Å²) in [6.07, 6.45) is 1.77. The van der Waals surface area contributed by atoms with Crippen LogP contribution in [0, 0.1) is 6.92 Å². The Morgan fingerprint density at radius 2 is 2.26 bits per heavy atom. The van der Waals surface area contributed by atoms with Crippen LogP contribution in [-0.2, 0) is 13.0 Å². The molecule has 0 aliphatic carbocycles. The molecule has 0 unspecified atom stereocenters. The largest absolute Gasteiger partial charge is 0.383 e. The Labute approximate surface area is 115 Å². The first-order valence-electron chi connectivity index (χ1n) is 6.13. The third kappa shape index (κ3) is 3.31. The van der Waals surface area contributed by atoms with E-state index in [1.54, 1.807) is 5.38 Å². The van der Waals surface area contributed by atoms with E-state index in [1.165, 1.54) is 0 Å². The van der Waals surface area contributed by atoms with Gasteiger partial charge in [0.1, 0.15) is 17.5 Å². The third-order valence-electron chi connectivity index (χ3n) is 2.72. The first-order valence-corrected chi connectivity index (χ1v) is 7.01. The summed E-state index contributed by atoms with van der Waals surface area (Å²) >= 11 is 1.15. The number of aryl methyl sites for hydroxylation is 1. The van der Waals surface area contributed by atoms with Crippen molar-refractivity contribution in [2.45, 2.75) is 33.2 Å². The Bertz CT molecular complexity index is 619. The number of H-pyrrole nitrogens is 1. The molecule has 2 aromatic rings. The molecule has 4 N–H and O–H groups in total. The molecule has 0 atom stereocenters. The SMILES string of the molecule is CCCc1nc(N)c(C)c(NCc2csc(=O)[nH]2)n1. The van der Waals surface area contributed by atoms with Gasteiger partial charge in [-0.3, -0.25) is 4.79 Å². The van der Waals surface area contributed by atoms with Crippen molar-refractivity contribution in [1.29, 1.82) is 0 Å². The molecule has 6 nitrogen and oxygen atoms in total. The topological polar surface area (TPSA) is 96.7 Å². The number of nitrogen functional groups attached to an aromatic ring is 1. The average molecular weight is 279 g/mol. The summed E-state index contributed by atoms with van der Waals surface area (Å²) in [7, 11) is 0. The molecule has 2 rings (SSSR count). The van der Waals surface area contributed by atoms with Gasteiger partial charge in [0.05, 0.1) is 6.54 Å². The van der Waals surface area contributed by atoms with Crippen LogP contribution < -0.4 is 15.9 Å². The second kappa shape index (κ2) is 5.83. The Hall–Kier alpha value is -1.89. The van der Waals surface area contributed by atoms with E-state index in [-0.39, 0.29) is 4.87 Å². The monoisotopic (exact) mass is 279 g/mol. The van der Waals surface area contributed by atoms with Crippen molar-refractivity contribution >= 4 is 23.0 Å². The lowest BCUT2D eigenvalue weighted by molar-refractivity contribution is 0.832. The van der Waals surface area contributed by atoms with Gasteiger partial charge < -0.3 is 16.0 Å². The van der Waals surface area contributed by atoms with E-state index in [1.807, 2.05) is 6.92 Å². The molecule has 0 radical (unpaired) electrons. The Kier molecular flexibility index (Phi) is 4.16. The molecule has 0 aromatic carbocycles. The molecule has 0 saturated heterocycles. The van der Waals surface area contributed by atoms with Crippen molar-refractivity contribution in [1.82, 2.24) is 15.0 Å². The Morgan fingerprint density at radius 1 is 1.47 bits per heavy atom. The fourth-order valence-corrected chi connectivity index (χ4v) is 2.25. The normalized spacial score (nSPS) is 10.6. The van der Waals surface area contributed by atoms with Gasteiger partial charge in [0.2, 0.25) is 0 Å². The molecule has 0 spiro atoms. The van der Waals surface area contributed by atoms with Gasteiger partial charge in [0, 0.05) is 23.1 Å². The molecule has 0 saturated carbocycles. The molecule has 0 aliphatic heterocycles. The molecule has 0 amide bonds. The highest BCUT2D eigenvalue weighted by atomic mass is 32.1. The van der Waals surface area contributed by atoms with E-state index in [9.17, 15) is 4.79 Å². The van der Waals surface area contributed by atoms with Crippen molar-refractivity contribution in [3.63, 3.8) is 0 Å². The molecule has 7 heteroatoms. The lowest BCUT2D eigenvalue weighted by atomic mass is 10.2. The Balaban J connectivity index is 2.16. The number of nitrogens with one attached hydrogen (secondary N) is 2. The summed E-state index contributed by atoms with van der Waals surface area (Å²) in [6, 6.07) is 0. The molecule has 19 heavy (non-hydrogen) atoms. The number of rotatable bonds is 5. The molecular weight excluding hydrogens is 262 g/mol. The van der Waals surface area contributed by atoms with E-state index in [2.05, 4.69) is 27.2 Å². The summed E-state index contributed by atoms with van der Waals surface area (Å²) in [5.41, 5.74) is 7.55. The predicted molar refractivity (Wildman–Crippen MR) is 77.4 cm³/mol. The summed E-state index contributed by atoms with van der Waals surface area (Å²) < 4.78 is 0. The molecule has 0 bridgehead atoms. The number of hydrogen-bond donors (Lipinski definition) is 3. The fraction of sp³-hybridized carbons (Fsp3) is 0.417. The predicted octanol–water partition coefficient (Wildman–Crippen LogP) is 1.68. The van der Waals surface area contributed by atoms with E-state index < -0.39 is 0 Å². The maximum Gasteiger partial charge on any atom is 0.304 e. The van der Waals surface area contributed by atoms with Crippen LogP contribution in [0.25, 0.3) is 0 Å². The van der Waals surface area contributed by atoms with E-state index in [0.29, 0.717) is 12.4 Å². The highest BCUT2D eigenvalue weighted by Crippen LogP contribution is 2.18. The minimum Gasteiger partial charge on any atom is -0.383 e. The van der Waals surface area contributed by atoms with Gasteiger partial charge in [-0.1, -0.05) is 18.3 Å². The smallest absolute Gasteiger partial charge is 0.304 e.